The van der Waals surface area contributed by atoms with E-state index in [2.05, 4.69) is 15.6 Å². The first-order valence-electron chi connectivity index (χ1n) is 9.42. The van der Waals surface area contributed by atoms with Gasteiger partial charge in [0.25, 0.3) is 0 Å². The number of hydrogen-bond acceptors (Lipinski definition) is 5. The number of benzene rings is 2. The van der Waals surface area contributed by atoms with Gasteiger partial charge in [-0.25, -0.2) is 9.37 Å². The molecule has 8 heteroatoms. The monoisotopic (exact) mass is 414 g/mol. The van der Waals surface area contributed by atoms with E-state index in [0.29, 0.717) is 27.6 Å². The topological polar surface area (TPSA) is 74.3 Å². The Labute approximate surface area is 172 Å². The van der Waals surface area contributed by atoms with Gasteiger partial charge in [0.15, 0.2) is 5.13 Å². The third-order valence-electron chi connectivity index (χ3n) is 4.42. The Morgan fingerprint density at radius 1 is 1.17 bits per heavy atom. The first-order chi connectivity index (χ1) is 14.0. The van der Waals surface area contributed by atoms with Crippen molar-refractivity contribution in [1.82, 2.24) is 9.88 Å². The van der Waals surface area contributed by atoms with Crippen LogP contribution in [0, 0.1) is 5.82 Å². The van der Waals surface area contributed by atoms with Crippen molar-refractivity contribution in [2.45, 2.75) is 26.3 Å². The lowest BCUT2D eigenvalue weighted by Crippen LogP contribution is -2.46. The van der Waals surface area contributed by atoms with E-state index in [1.807, 2.05) is 42.2 Å². The highest BCUT2D eigenvalue weighted by atomic mass is 32.1. The molecule has 0 bridgehead atoms. The summed E-state index contributed by atoms with van der Waals surface area (Å²) in [7, 11) is 0. The summed E-state index contributed by atoms with van der Waals surface area (Å²) in [4.78, 5) is 31.2. The highest BCUT2D eigenvalue weighted by molar-refractivity contribution is 7.22. The van der Waals surface area contributed by atoms with Crippen molar-refractivity contribution in [3.63, 3.8) is 0 Å². The second kappa shape index (κ2) is 9.58. The highest BCUT2D eigenvalue weighted by Gasteiger charge is 2.23. The van der Waals surface area contributed by atoms with Gasteiger partial charge in [0.05, 0.1) is 22.8 Å². The van der Waals surface area contributed by atoms with E-state index >= 15 is 0 Å². The van der Waals surface area contributed by atoms with Crippen molar-refractivity contribution in [3.05, 3.63) is 54.3 Å². The van der Waals surface area contributed by atoms with Crippen LogP contribution in [-0.2, 0) is 9.59 Å². The van der Waals surface area contributed by atoms with Crippen molar-refractivity contribution in [3.8, 4) is 0 Å². The Hall–Kier alpha value is -2.84. The Morgan fingerprint density at radius 3 is 2.66 bits per heavy atom. The summed E-state index contributed by atoms with van der Waals surface area (Å²) >= 11 is 1.22. The lowest BCUT2D eigenvalue weighted by molar-refractivity contribution is -0.123. The molecule has 0 spiro atoms. The molecule has 1 unspecified atom stereocenters. The number of para-hydroxylation sites is 1. The van der Waals surface area contributed by atoms with Gasteiger partial charge in [-0.3, -0.25) is 14.5 Å². The molecule has 1 heterocycles. The van der Waals surface area contributed by atoms with E-state index in [4.69, 9.17) is 0 Å². The number of nitrogens with zero attached hydrogens (tertiary/aromatic N) is 2. The van der Waals surface area contributed by atoms with Crippen LogP contribution in [-0.4, -0.2) is 40.8 Å². The Kier molecular flexibility index (Phi) is 6.90. The first kappa shape index (κ1) is 20.9. The maximum Gasteiger partial charge on any atom is 0.241 e. The van der Waals surface area contributed by atoms with Crippen LogP contribution in [0.1, 0.15) is 20.3 Å². The van der Waals surface area contributed by atoms with Crippen molar-refractivity contribution >= 4 is 44.2 Å². The second-order valence-electron chi connectivity index (χ2n) is 6.68. The first-order valence-corrected chi connectivity index (χ1v) is 10.2. The van der Waals surface area contributed by atoms with Gasteiger partial charge in [0.2, 0.25) is 11.8 Å². The number of carbonyl (C=O) groups is 2. The number of fused-ring (bicyclic) bond motifs is 1. The minimum Gasteiger partial charge on any atom is -0.325 e. The van der Waals surface area contributed by atoms with Crippen LogP contribution < -0.4 is 10.6 Å². The number of anilines is 2. The van der Waals surface area contributed by atoms with Crippen LogP contribution in [0.3, 0.4) is 0 Å². The average Bonchev–Trinajstić information content (AvgIpc) is 3.08. The van der Waals surface area contributed by atoms with Gasteiger partial charge in [-0.1, -0.05) is 36.5 Å². The molecule has 0 saturated carbocycles. The number of halogens is 1. The lowest BCUT2D eigenvalue weighted by atomic mass is 10.2. The molecule has 29 heavy (non-hydrogen) atoms. The number of hydrogen-bond donors (Lipinski definition) is 2. The molecule has 1 atom stereocenters. The predicted molar refractivity (Wildman–Crippen MR) is 115 cm³/mol. The van der Waals surface area contributed by atoms with Crippen molar-refractivity contribution in [1.29, 1.82) is 0 Å². The smallest absolute Gasteiger partial charge is 0.241 e. The van der Waals surface area contributed by atoms with Crippen molar-refractivity contribution in [2.75, 3.05) is 23.7 Å². The van der Waals surface area contributed by atoms with Gasteiger partial charge in [-0.15, -0.1) is 0 Å². The molecule has 152 valence electrons. The van der Waals surface area contributed by atoms with Crippen LogP contribution in [0.5, 0.6) is 0 Å². The van der Waals surface area contributed by atoms with Gasteiger partial charge in [0, 0.05) is 5.69 Å². The molecular formula is C21H23FN4O2S. The number of rotatable bonds is 8. The average molecular weight is 415 g/mol. The number of aromatic nitrogens is 1. The summed E-state index contributed by atoms with van der Waals surface area (Å²) in [6, 6.07) is 13.0. The molecule has 2 amide bonds. The van der Waals surface area contributed by atoms with E-state index < -0.39 is 6.04 Å². The standard InChI is InChI=1S/C21H23FN4O2S/c1-3-11-26(14(2)20(28)23-16-7-5-4-6-8-16)13-19(27)25-21-24-17-10-9-15(22)12-18(17)29-21/h4-10,12,14H,3,11,13H2,1-2H3,(H,23,28)(H,24,25,27). The molecule has 0 aliphatic heterocycles. The summed E-state index contributed by atoms with van der Waals surface area (Å²) in [5.74, 6) is -0.781. The molecule has 2 aromatic carbocycles. The molecule has 0 radical (unpaired) electrons. The highest BCUT2D eigenvalue weighted by Crippen LogP contribution is 2.26. The lowest BCUT2D eigenvalue weighted by Gasteiger charge is -2.27. The van der Waals surface area contributed by atoms with E-state index in [-0.39, 0.29) is 24.2 Å². The predicted octanol–water partition coefficient (Wildman–Crippen LogP) is 4.11. The van der Waals surface area contributed by atoms with Gasteiger partial charge in [0.1, 0.15) is 5.82 Å². The molecule has 3 aromatic rings. The largest absolute Gasteiger partial charge is 0.325 e. The normalized spacial score (nSPS) is 12.1. The molecule has 1 aromatic heterocycles. The number of thiazole rings is 1. The molecule has 6 nitrogen and oxygen atoms in total. The summed E-state index contributed by atoms with van der Waals surface area (Å²) in [6.45, 7) is 4.43. The van der Waals surface area contributed by atoms with Crippen molar-refractivity contribution < 1.29 is 14.0 Å². The van der Waals surface area contributed by atoms with Gasteiger partial charge in [-0.05, 0) is 50.2 Å². The molecule has 0 fully saturated rings. The summed E-state index contributed by atoms with van der Waals surface area (Å²) < 4.78 is 14.0. The third-order valence-corrected chi connectivity index (χ3v) is 5.36. The zero-order valence-corrected chi connectivity index (χ0v) is 17.1. The van der Waals surface area contributed by atoms with Crippen LogP contribution in [0.15, 0.2) is 48.5 Å². The van der Waals surface area contributed by atoms with Crippen LogP contribution in [0.4, 0.5) is 15.2 Å². The molecule has 0 saturated heterocycles. The number of nitrogens with one attached hydrogen (secondary N) is 2. The SMILES string of the molecule is CCCN(CC(=O)Nc1nc2ccc(F)cc2s1)C(C)C(=O)Nc1ccccc1. The maximum absolute atomic E-state index is 13.3. The Balaban J connectivity index is 1.63. The van der Waals surface area contributed by atoms with E-state index in [9.17, 15) is 14.0 Å². The van der Waals surface area contributed by atoms with Gasteiger partial charge >= 0.3 is 0 Å². The maximum atomic E-state index is 13.3. The van der Waals surface area contributed by atoms with Gasteiger partial charge in [-0.2, -0.15) is 0 Å². The third kappa shape index (κ3) is 5.58. The molecule has 0 aliphatic carbocycles. The Bertz CT molecular complexity index is 993. The van der Waals surface area contributed by atoms with Crippen LogP contribution in [0.2, 0.25) is 0 Å². The zero-order valence-electron chi connectivity index (χ0n) is 16.3. The number of carbonyl (C=O) groups excluding carboxylic acids is 2. The van der Waals surface area contributed by atoms with Crippen LogP contribution in [0.25, 0.3) is 10.2 Å². The van der Waals surface area contributed by atoms with Crippen LogP contribution >= 0.6 is 11.3 Å². The fraction of sp³-hybridized carbons (Fsp3) is 0.286. The summed E-state index contributed by atoms with van der Waals surface area (Å²) in [5.41, 5.74) is 1.35. The molecular weight excluding hydrogens is 391 g/mol. The molecule has 0 aliphatic rings. The molecule has 2 N–H and O–H groups in total. The fourth-order valence-corrected chi connectivity index (χ4v) is 3.83. The van der Waals surface area contributed by atoms with E-state index in [1.54, 1.807) is 13.0 Å². The fourth-order valence-electron chi connectivity index (χ4n) is 2.93. The van der Waals surface area contributed by atoms with Gasteiger partial charge < -0.3 is 10.6 Å². The second-order valence-corrected chi connectivity index (χ2v) is 7.71. The molecule has 3 rings (SSSR count). The summed E-state index contributed by atoms with van der Waals surface area (Å²) in [5, 5.41) is 6.03. The summed E-state index contributed by atoms with van der Waals surface area (Å²) in [6.07, 6.45) is 0.802. The van der Waals surface area contributed by atoms with E-state index in [1.165, 1.54) is 23.5 Å². The Morgan fingerprint density at radius 2 is 1.93 bits per heavy atom. The minimum absolute atomic E-state index is 0.0570. The quantitative estimate of drug-likeness (QED) is 0.582. The van der Waals surface area contributed by atoms with E-state index in [0.717, 1.165) is 6.42 Å². The number of amides is 2. The van der Waals surface area contributed by atoms with Crippen molar-refractivity contribution in [2.24, 2.45) is 0 Å². The minimum atomic E-state index is -0.481. The zero-order chi connectivity index (χ0) is 20.8.